The molecule has 1 aliphatic carbocycles. The van der Waals surface area contributed by atoms with Crippen LogP contribution in [0.25, 0.3) is 0 Å². The van der Waals surface area contributed by atoms with Crippen molar-refractivity contribution < 1.29 is 9.18 Å². The number of halogens is 2. The molecule has 0 amide bonds. The van der Waals surface area contributed by atoms with Crippen LogP contribution < -0.4 is 0 Å². The molecule has 1 saturated carbocycles. The molecule has 18 heavy (non-hydrogen) atoms. The predicted molar refractivity (Wildman–Crippen MR) is 77.5 cm³/mol. The molecule has 0 N–H and O–H groups in total. The summed E-state index contributed by atoms with van der Waals surface area (Å²) in [6, 6.07) is 4.77. The minimum atomic E-state index is -0.286. The maximum atomic E-state index is 13.1. The highest BCUT2D eigenvalue weighted by atomic mass is 79.9. The maximum absolute atomic E-state index is 13.1. The average Bonchev–Trinajstić information content (AvgIpc) is 2.84. The summed E-state index contributed by atoms with van der Waals surface area (Å²) in [5, 5.41) is 0.675. The number of hydrogen-bond donors (Lipinski definition) is 0. The zero-order chi connectivity index (χ0) is 13.0. The summed E-state index contributed by atoms with van der Waals surface area (Å²) < 4.78 is 13.5. The number of hydrogen-bond acceptors (Lipinski definition) is 2. The largest absolute Gasteiger partial charge is 0.298 e. The first-order valence-electron chi connectivity index (χ1n) is 6.22. The predicted octanol–water partition coefficient (Wildman–Crippen LogP) is 4.38. The van der Waals surface area contributed by atoms with Crippen molar-refractivity contribution in [3.05, 3.63) is 34.1 Å². The fourth-order valence-corrected chi connectivity index (χ4v) is 3.81. The molecule has 1 fully saturated rings. The Kier molecular flexibility index (Phi) is 5.25. The van der Waals surface area contributed by atoms with Gasteiger partial charge in [-0.25, -0.2) is 4.39 Å². The standard InChI is InChI=1S/C14H16BrFOS/c15-13-8-10(5-6-14(13)16)7-11(17)9-18-12-3-1-2-4-12/h5-6,8,12H,1-4,7,9H2. The molecule has 0 atom stereocenters. The van der Waals surface area contributed by atoms with E-state index in [9.17, 15) is 9.18 Å². The molecule has 4 heteroatoms. The first-order valence-corrected chi connectivity index (χ1v) is 8.06. The van der Waals surface area contributed by atoms with Crippen LogP contribution in [0.5, 0.6) is 0 Å². The maximum Gasteiger partial charge on any atom is 0.147 e. The lowest BCUT2D eigenvalue weighted by Gasteiger charge is -2.08. The second kappa shape index (κ2) is 6.71. The molecule has 0 aliphatic heterocycles. The Balaban J connectivity index is 1.80. The van der Waals surface area contributed by atoms with Crippen molar-refractivity contribution >= 4 is 33.5 Å². The summed E-state index contributed by atoms with van der Waals surface area (Å²) in [5.41, 5.74) is 0.875. The van der Waals surface area contributed by atoms with Crippen LogP contribution in [0.3, 0.4) is 0 Å². The summed E-state index contributed by atoms with van der Waals surface area (Å²) in [6.45, 7) is 0. The van der Waals surface area contributed by atoms with E-state index in [-0.39, 0.29) is 11.6 Å². The summed E-state index contributed by atoms with van der Waals surface area (Å²) in [7, 11) is 0. The number of rotatable bonds is 5. The highest BCUT2D eigenvalue weighted by molar-refractivity contribution is 9.10. The number of carbonyl (C=O) groups is 1. The minimum absolute atomic E-state index is 0.227. The SMILES string of the molecule is O=C(CSC1CCCC1)Cc1ccc(F)c(Br)c1. The van der Waals surface area contributed by atoms with Crippen molar-refractivity contribution in [1.29, 1.82) is 0 Å². The van der Waals surface area contributed by atoms with E-state index in [0.717, 1.165) is 5.56 Å². The second-order valence-electron chi connectivity index (χ2n) is 4.68. The zero-order valence-electron chi connectivity index (χ0n) is 10.1. The van der Waals surface area contributed by atoms with Gasteiger partial charge in [0, 0.05) is 11.7 Å². The summed E-state index contributed by atoms with van der Waals surface area (Å²) >= 11 is 4.92. The molecule has 0 saturated heterocycles. The Labute approximate surface area is 120 Å². The molecule has 2 rings (SSSR count). The second-order valence-corrected chi connectivity index (χ2v) is 6.82. The molecule has 0 heterocycles. The van der Waals surface area contributed by atoms with E-state index in [1.165, 1.54) is 31.7 Å². The van der Waals surface area contributed by atoms with E-state index in [0.29, 0.717) is 21.9 Å². The number of thioether (sulfide) groups is 1. The zero-order valence-corrected chi connectivity index (χ0v) is 12.5. The fraction of sp³-hybridized carbons (Fsp3) is 0.500. The molecule has 1 aliphatic rings. The number of benzene rings is 1. The molecular formula is C14H16BrFOS. The first-order chi connectivity index (χ1) is 8.65. The Hall–Kier alpha value is -0.350. The van der Waals surface area contributed by atoms with Gasteiger partial charge in [0.25, 0.3) is 0 Å². The Bertz CT molecular complexity index is 430. The lowest BCUT2D eigenvalue weighted by atomic mass is 10.1. The molecule has 0 aromatic heterocycles. The lowest BCUT2D eigenvalue weighted by molar-refractivity contribution is -0.116. The van der Waals surface area contributed by atoms with Gasteiger partial charge in [0.1, 0.15) is 11.6 Å². The molecule has 0 radical (unpaired) electrons. The van der Waals surface area contributed by atoms with Crippen LogP contribution >= 0.6 is 27.7 Å². The van der Waals surface area contributed by atoms with Crippen LogP contribution in [-0.2, 0) is 11.2 Å². The van der Waals surface area contributed by atoms with E-state index >= 15 is 0 Å². The van der Waals surface area contributed by atoms with Gasteiger partial charge in [0.2, 0.25) is 0 Å². The van der Waals surface area contributed by atoms with Crippen LogP contribution in [0.4, 0.5) is 4.39 Å². The van der Waals surface area contributed by atoms with Gasteiger partial charge < -0.3 is 0 Å². The third-order valence-electron chi connectivity index (χ3n) is 3.17. The van der Waals surface area contributed by atoms with Gasteiger partial charge in [-0.1, -0.05) is 18.9 Å². The number of Topliss-reactive ketones (excluding diaryl/α,β-unsaturated/α-hetero) is 1. The molecule has 98 valence electrons. The van der Waals surface area contributed by atoms with Crippen molar-refractivity contribution in [3.63, 3.8) is 0 Å². The van der Waals surface area contributed by atoms with Crippen molar-refractivity contribution in [2.24, 2.45) is 0 Å². The van der Waals surface area contributed by atoms with Crippen LogP contribution in [0.2, 0.25) is 0 Å². The van der Waals surface area contributed by atoms with Gasteiger partial charge in [-0.2, -0.15) is 11.8 Å². The third kappa shape index (κ3) is 4.09. The van der Waals surface area contributed by atoms with E-state index in [1.807, 2.05) is 0 Å². The summed E-state index contributed by atoms with van der Waals surface area (Å²) in [5.74, 6) is 0.525. The van der Waals surface area contributed by atoms with Gasteiger partial charge in [0.15, 0.2) is 0 Å². The Morgan fingerprint density at radius 3 is 2.78 bits per heavy atom. The van der Waals surface area contributed by atoms with E-state index in [1.54, 1.807) is 23.9 Å². The van der Waals surface area contributed by atoms with Crippen LogP contribution in [0, 0.1) is 5.82 Å². The van der Waals surface area contributed by atoms with Gasteiger partial charge in [-0.15, -0.1) is 0 Å². The Morgan fingerprint density at radius 1 is 1.39 bits per heavy atom. The molecule has 1 nitrogen and oxygen atoms in total. The molecule has 0 unspecified atom stereocenters. The van der Waals surface area contributed by atoms with E-state index in [2.05, 4.69) is 15.9 Å². The molecule has 0 spiro atoms. The third-order valence-corrected chi connectivity index (χ3v) is 5.21. The summed E-state index contributed by atoms with van der Waals surface area (Å²) in [4.78, 5) is 11.8. The smallest absolute Gasteiger partial charge is 0.147 e. The van der Waals surface area contributed by atoms with Crippen LogP contribution in [0.1, 0.15) is 31.2 Å². The lowest BCUT2D eigenvalue weighted by Crippen LogP contribution is -2.09. The first kappa shape index (κ1) is 14.1. The molecule has 1 aromatic carbocycles. The highest BCUT2D eigenvalue weighted by Crippen LogP contribution is 2.29. The fourth-order valence-electron chi connectivity index (χ4n) is 2.19. The van der Waals surface area contributed by atoms with Gasteiger partial charge >= 0.3 is 0 Å². The topological polar surface area (TPSA) is 17.1 Å². The monoisotopic (exact) mass is 330 g/mol. The molecule has 1 aromatic rings. The van der Waals surface area contributed by atoms with Crippen LogP contribution in [-0.4, -0.2) is 16.8 Å². The van der Waals surface area contributed by atoms with Crippen molar-refractivity contribution in [3.8, 4) is 0 Å². The Morgan fingerprint density at radius 2 is 2.11 bits per heavy atom. The highest BCUT2D eigenvalue weighted by Gasteiger charge is 2.16. The number of ketones is 1. The van der Waals surface area contributed by atoms with E-state index < -0.39 is 0 Å². The molecule has 0 bridgehead atoms. The number of carbonyl (C=O) groups excluding carboxylic acids is 1. The van der Waals surface area contributed by atoms with Gasteiger partial charge in [0.05, 0.1) is 10.2 Å². The van der Waals surface area contributed by atoms with Gasteiger partial charge in [-0.05, 0) is 46.5 Å². The van der Waals surface area contributed by atoms with Crippen molar-refractivity contribution in [1.82, 2.24) is 0 Å². The summed E-state index contributed by atoms with van der Waals surface area (Å²) in [6.07, 6.45) is 5.51. The van der Waals surface area contributed by atoms with Crippen molar-refractivity contribution in [2.45, 2.75) is 37.4 Å². The van der Waals surface area contributed by atoms with Gasteiger partial charge in [-0.3, -0.25) is 4.79 Å². The minimum Gasteiger partial charge on any atom is -0.298 e. The average molecular weight is 331 g/mol. The quantitative estimate of drug-likeness (QED) is 0.797. The van der Waals surface area contributed by atoms with Crippen molar-refractivity contribution in [2.75, 3.05) is 5.75 Å². The molecular weight excluding hydrogens is 315 g/mol. The van der Waals surface area contributed by atoms with E-state index in [4.69, 9.17) is 0 Å². The normalized spacial score (nSPS) is 16.1. The van der Waals surface area contributed by atoms with Crippen LogP contribution in [0.15, 0.2) is 22.7 Å².